The lowest BCUT2D eigenvalue weighted by Crippen LogP contribution is -2.57. The molecule has 1 atom stereocenters. The van der Waals surface area contributed by atoms with Crippen LogP contribution in [0.25, 0.3) is 0 Å². The summed E-state index contributed by atoms with van der Waals surface area (Å²) in [6, 6.07) is 0. The maximum atomic E-state index is 11.4. The Morgan fingerprint density at radius 2 is 1.92 bits per heavy atom. The molecule has 0 aromatic heterocycles. The lowest BCUT2D eigenvalue weighted by atomic mass is 9.81. The van der Waals surface area contributed by atoms with E-state index in [0.29, 0.717) is 0 Å². The third kappa shape index (κ3) is 1.25. The van der Waals surface area contributed by atoms with Crippen molar-refractivity contribution >= 4 is 5.91 Å². The fraction of sp³-hybridized carbons (Fsp3) is 0.889. The van der Waals surface area contributed by atoms with Crippen molar-refractivity contribution in [1.82, 2.24) is 9.96 Å². The molecule has 4 heteroatoms. The molecule has 0 aromatic rings. The molecular weight excluding hydrogens is 168 g/mol. The molecule has 1 heterocycles. The summed E-state index contributed by atoms with van der Waals surface area (Å²) < 4.78 is 0. The average molecular weight is 186 g/mol. The highest BCUT2D eigenvalue weighted by atomic mass is 16.5. The number of nitrogens with zero attached hydrogens (tertiary/aromatic N) is 2. The van der Waals surface area contributed by atoms with E-state index in [0.717, 1.165) is 5.06 Å². The minimum Gasteiger partial charge on any atom is -0.324 e. The molecule has 0 bridgehead atoms. The quantitative estimate of drug-likeness (QED) is 0.611. The average Bonchev–Trinajstić information content (AvgIpc) is 2.14. The topological polar surface area (TPSA) is 43.8 Å². The van der Waals surface area contributed by atoms with Gasteiger partial charge in [0.1, 0.15) is 12.2 Å². The number of carbonyl (C=O) groups excluding carboxylic acids is 1. The van der Waals surface area contributed by atoms with E-state index in [1.165, 1.54) is 0 Å². The van der Waals surface area contributed by atoms with Crippen molar-refractivity contribution in [2.75, 3.05) is 13.6 Å². The molecule has 1 rings (SSSR count). The molecule has 0 saturated carbocycles. The monoisotopic (exact) mass is 186 g/mol. The van der Waals surface area contributed by atoms with Crippen molar-refractivity contribution in [1.29, 1.82) is 0 Å². The van der Waals surface area contributed by atoms with Crippen LogP contribution in [-0.2, 0) is 4.79 Å². The summed E-state index contributed by atoms with van der Waals surface area (Å²) in [5, 5.41) is 10.8. The zero-order valence-corrected chi connectivity index (χ0v) is 8.96. The number of hydrogen-bond acceptors (Lipinski definition) is 3. The molecule has 1 aliphatic rings. The first-order valence-electron chi connectivity index (χ1n) is 4.44. The van der Waals surface area contributed by atoms with Crippen LogP contribution < -0.4 is 0 Å². The summed E-state index contributed by atoms with van der Waals surface area (Å²) in [6.07, 6.45) is 0. The molecule has 76 valence electrons. The molecule has 1 saturated heterocycles. The Labute approximate surface area is 79.1 Å². The van der Waals surface area contributed by atoms with Crippen molar-refractivity contribution in [3.63, 3.8) is 0 Å². The first kappa shape index (κ1) is 10.5. The van der Waals surface area contributed by atoms with E-state index >= 15 is 0 Å². The van der Waals surface area contributed by atoms with Crippen LogP contribution in [0.15, 0.2) is 0 Å². The van der Waals surface area contributed by atoms with Gasteiger partial charge in [0, 0.05) is 12.5 Å². The minimum atomic E-state index is -0.607. The summed E-state index contributed by atoms with van der Waals surface area (Å²) in [7, 11) is 1.73. The number of hydroxylamine groups is 2. The van der Waals surface area contributed by atoms with Crippen LogP contribution in [0.2, 0.25) is 0 Å². The zero-order chi connectivity index (χ0) is 10.4. The molecule has 0 unspecified atom stereocenters. The van der Waals surface area contributed by atoms with Crippen molar-refractivity contribution in [2.24, 2.45) is 5.41 Å². The smallest absolute Gasteiger partial charge is 0.240 e. The van der Waals surface area contributed by atoms with Gasteiger partial charge in [0.25, 0.3) is 0 Å². The summed E-state index contributed by atoms with van der Waals surface area (Å²) in [5.41, 5.74) is -0.785. The summed E-state index contributed by atoms with van der Waals surface area (Å²) in [6.45, 7) is 7.98. The lowest BCUT2D eigenvalue weighted by molar-refractivity contribution is -0.212. The maximum absolute atomic E-state index is 11.4. The molecule has 1 N–H and O–H groups in total. The van der Waals surface area contributed by atoms with Crippen LogP contribution in [0.5, 0.6) is 0 Å². The van der Waals surface area contributed by atoms with Crippen LogP contribution in [0.3, 0.4) is 0 Å². The third-order valence-corrected chi connectivity index (χ3v) is 3.24. The fourth-order valence-electron chi connectivity index (χ4n) is 1.69. The minimum absolute atomic E-state index is 0.0417. The zero-order valence-electron chi connectivity index (χ0n) is 8.96. The number of rotatable bonds is 0. The predicted octanol–water partition coefficient (Wildman–Crippen LogP) is 0.912. The van der Waals surface area contributed by atoms with Crippen LogP contribution in [0.4, 0.5) is 0 Å². The van der Waals surface area contributed by atoms with Gasteiger partial charge in [-0.05, 0) is 6.92 Å². The maximum Gasteiger partial charge on any atom is 0.240 e. The van der Waals surface area contributed by atoms with E-state index in [1.807, 2.05) is 27.7 Å². The first-order chi connectivity index (χ1) is 5.71. The van der Waals surface area contributed by atoms with Gasteiger partial charge >= 0.3 is 0 Å². The van der Waals surface area contributed by atoms with Gasteiger partial charge in [0.2, 0.25) is 5.91 Å². The first-order valence-corrected chi connectivity index (χ1v) is 4.44. The van der Waals surface area contributed by atoms with E-state index < -0.39 is 5.66 Å². The van der Waals surface area contributed by atoms with Gasteiger partial charge in [-0.3, -0.25) is 4.79 Å². The Bertz CT molecular complexity index is 234. The standard InChI is InChI=1S/C9H18N2O2/c1-8(2,3)9(4)10(5)7(12)6-11(9)13/h13H,6H2,1-5H3/t9-/m1/s1. The number of hydrogen-bond donors (Lipinski definition) is 1. The second-order valence-corrected chi connectivity index (χ2v) is 4.78. The number of carbonyl (C=O) groups is 1. The molecule has 0 radical (unpaired) electrons. The van der Waals surface area contributed by atoms with Crippen molar-refractivity contribution in [3.05, 3.63) is 0 Å². The summed E-state index contributed by atoms with van der Waals surface area (Å²) in [5.74, 6) is -0.0417. The van der Waals surface area contributed by atoms with Crippen molar-refractivity contribution in [3.8, 4) is 0 Å². The normalized spacial score (nSPS) is 31.5. The van der Waals surface area contributed by atoms with Crippen LogP contribution in [0, 0.1) is 5.41 Å². The van der Waals surface area contributed by atoms with E-state index in [9.17, 15) is 10.0 Å². The Morgan fingerprint density at radius 1 is 1.46 bits per heavy atom. The third-order valence-electron chi connectivity index (χ3n) is 3.24. The number of likely N-dealkylation sites (N-methyl/N-ethyl adjacent to an activating group) is 1. The SMILES string of the molecule is CN1C(=O)CN(O)[C@]1(C)C(C)(C)C. The summed E-state index contributed by atoms with van der Waals surface area (Å²) >= 11 is 0. The molecule has 0 spiro atoms. The summed E-state index contributed by atoms with van der Waals surface area (Å²) in [4.78, 5) is 13.0. The van der Waals surface area contributed by atoms with Gasteiger partial charge < -0.3 is 10.1 Å². The van der Waals surface area contributed by atoms with Crippen molar-refractivity contribution < 1.29 is 10.0 Å². The molecule has 0 aromatic carbocycles. The second kappa shape index (κ2) is 2.69. The number of amides is 1. The van der Waals surface area contributed by atoms with Gasteiger partial charge in [-0.25, -0.2) is 0 Å². The second-order valence-electron chi connectivity index (χ2n) is 4.78. The van der Waals surface area contributed by atoms with Gasteiger partial charge in [-0.2, -0.15) is 5.06 Å². The molecule has 13 heavy (non-hydrogen) atoms. The molecule has 1 amide bonds. The highest BCUT2D eigenvalue weighted by Gasteiger charge is 2.52. The highest BCUT2D eigenvalue weighted by Crippen LogP contribution is 2.39. The Hall–Kier alpha value is -0.610. The van der Waals surface area contributed by atoms with Crippen molar-refractivity contribution in [2.45, 2.75) is 33.4 Å². The Balaban J connectivity index is 3.08. The van der Waals surface area contributed by atoms with E-state index in [4.69, 9.17) is 0 Å². The molecule has 4 nitrogen and oxygen atoms in total. The fourth-order valence-corrected chi connectivity index (χ4v) is 1.69. The van der Waals surface area contributed by atoms with Crippen LogP contribution in [-0.4, -0.2) is 40.3 Å². The predicted molar refractivity (Wildman–Crippen MR) is 49.1 cm³/mol. The molecule has 1 fully saturated rings. The largest absolute Gasteiger partial charge is 0.324 e. The Morgan fingerprint density at radius 3 is 2.08 bits per heavy atom. The van der Waals surface area contributed by atoms with Gasteiger partial charge in [0.15, 0.2) is 0 Å². The van der Waals surface area contributed by atoms with Crippen LogP contribution >= 0.6 is 0 Å². The van der Waals surface area contributed by atoms with E-state index in [1.54, 1.807) is 11.9 Å². The highest BCUT2D eigenvalue weighted by molar-refractivity contribution is 5.81. The molecule has 1 aliphatic heterocycles. The van der Waals surface area contributed by atoms with E-state index in [-0.39, 0.29) is 17.9 Å². The van der Waals surface area contributed by atoms with Gasteiger partial charge in [-0.15, -0.1) is 0 Å². The lowest BCUT2D eigenvalue weighted by Gasteiger charge is -2.46. The van der Waals surface area contributed by atoms with Gasteiger partial charge in [0.05, 0.1) is 0 Å². The Kier molecular flexibility index (Phi) is 2.16. The van der Waals surface area contributed by atoms with E-state index in [2.05, 4.69) is 0 Å². The molecular formula is C9H18N2O2. The van der Waals surface area contributed by atoms with Crippen LogP contribution in [0.1, 0.15) is 27.7 Å². The molecule has 0 aliphatic carbocycles. The van der Waals surface area contributed by atoms with Gasteiger partial charge in [-0.1, -0.05) is 20.8 Å².